The van der Waals surface area contributed by atoms with E-state index in [0.29, 0.717) is 0 Å². The molecule has 0 spiro atoms. The molecule has 17 heteroatoms. The van der Waals surface area contributed by atoms with Crippen LogP contribution in [-0.2, 0) is 45.4 Å². The molecule has 4 rings (SSSR count). The van der Waals surface area contributed by atoms with Crippen LogP contribution < -0.4 is 10.6 Å². The van der Waals surface area contributed by atoms with Crippen molar-refractivity contribution >= 4 is 18.0 Å². The molecule has 2 heterocycles. The zero-order valence-electron chi connectivity index (χ0n) is 26.0. The van der Waals surface area contributed by atoms with Crippen molar-refractivity contribution in [1.82, 2.24) is 51.0 Å². The van der Waals surface area contributed by atoms with Gasteiger partial charge in [0.05, 0.1) is 50.2 Å². The van der Waals surface area contributed by atoms with Crippen molar-refractivity contribution in [3.8, 4) is 12.1 Å². The van der Waals surface area contributed by atoms with Crippen LogP contribution in [0.15, 0.2) is 60.7 Å². The minimum Gasteiger partial charge on any atom is -0.461 e. The fraction of sp³-hybridized carbons (Fsp3) is 0.387. The Kier molecular flexibility index (Phi) is 13.5. The highest BCUT2D eigenvalue weighted by molar-refractivity contribution is 5.75. The number of nitrogens with zero attached hydrogens (tertiary/aromatic N) is 10. The van der Waals surface area contributed by atoms with E-state index in [-0.39, 0.29) is 76.5 Å². The Bertz CT molecular complexity index is 1570. The molecule has 248 valence electrons. The smallest absolute Gasteiger partial charge is 0.315 e. The van der Waals surface area contributed by atoms with Gasteiger partial charge in [0.1, 0.15) is 13.2 Å². The Morgan fingerprint density at radius 1 is 0.688 bits per heavy atom. The summed E-state index contributed by atoms with van der Waals surface area (Å²) in [6, 6.07) is 20.0. The summed E-state index contributed by atoms with van der Waals surface area (Å²) in [7, 11) is 0. The maximum atomic E-state index is 13.5. The van der Waals surface area contributed by atoms with E-state index < -0.39 is 30.1 Å². The highest BCUT2D eigenvalue weighted by atomic mass is 16.5. The number of benzene rings is 2. The first-order valence-electron chi connectivity index (χ1n) is 15.2. The molecule has 0 aliphatic carbocycles. The van der Waals surface area contributed by atoms with Crippen LogP contribution in [0.2, 0.25) is 0 Å². The number of ether oxygens (including phenoxy) is 2. The number of aromatic nitrogens is 8. The summed E-state index contributed by atoms with van der Waals surface area (Å²) in [6.07, 6.45) is 0.223. The maximum absolute atomic E-state index is 13.5. The molecule has 2 N–H and O–H groups in total. The quantitative estimate of drug-likeness (QED) is 0.147. The second kappa shape index (κ2) is 18.7. The lowest BCUT2D eigenvalue weighted by Crippen LogP contribution is -2.42. The predicted molar refractivity (Wildman–Crippen MR) is 164 cm³/mol. The molecule has 0 aliphatic rings. The van der Waals surface area contributed by atoms with Crippen molar-refractivity contribution in [3.63, 3.8) is 0 Å². The van der Waals surface area contributed by atoms with E-state index >= 15 is 0 Å². The minimum atomic E-state index is -0.867. The fourth-order valence-corrected chi connectivity index (χ4v) is 4.59. The van der Waals surface area contributed by atoms with Gasteiger partial charge in [0.25, 0.3) is 0 Å². The first-order valence-corrected chi connectivity index (χ1v) is 15.2. The molecule has 0 radical (unpaired) electrons. The van der Waals surface area contributed by atoms with Crippen LogP contribution in [0, 0.1) is 22.7 Å². The molecular weight excluding hydrogens is 620 g/mol. The number of amides is 2. The number of hydrogen-bond acceptors (Lipinski definition) is 13. The van der Waals surface area contributed by atoms with Crippen LogP contribution in [-0.4, -0.2) is 58.4 Å². The third-order valence-corrected chi connectivity index (χ3v) is 6.98. The molecule has 0 aliphatic heterocycles. The van der Waals surface area contributed by atoms with Crippen LogP contribution >= 0.6 is 0 Å². The van der Waals surface area contributed by atoms with Crippen LogP contribution in [0.25, 0.3) is 0 Å². The third-order valence-electron chi connectivity index (χ3n) is 6.98. The van der Waals surface area contributed by atoms with Crippen LogP contribution in [0.5, 0.6) is 0 Å². The summed E-state index contributed by atoms with van der Waals surface area (Å²) in [5.41, 5.74) is 1.65. The van der Waals surface area contributed by atoms with Crippen molar-refractivity contribution in [3.05, 3.63) is 83.4 Å². The highest BCUT2D eigenvalue weighted by Crippen LogP contribution is 2.20. The number of nitriles is 2. The lowest BCUT2D eigenvalue weighted by Gasteiger charge is -2.22. The summed E-state index contributed by atoms with van der Waals surface area (Å²) in [5.74, 6) is -0.524. The van der Waals surface area contributed by atoms with Crippen molar-refractivity contribution in [2.75, 3.05) is 0 Å². The topological polar surface area (TPSA) is 229 Å². The molecule has 2 aromatic heterocycles. The number of esters is 2. The molecule has 2 atom stereocenters. The number of carbonyl (C=O) groups is 3. The Balaban J connectivity index is 1.45. The Morgan fingerprint density at radius 2 is 1.10 bits per heavy atom. The van der Waals surface area contributed by atoms with Crippen molar-refractivity contribution in [1.29, 1.82) is 10.5 Å². The van der Waals surface area contributed by atoms with E-state index in [4.69, 9.17) is 20.0 Å². The van der Waals surface area contributed by atoms with E-state index in [1.54, 1.807) is 0 Å². The summed E-state index contributed by atoms with van der Waals surface area (Å²) < 4.78 is 13.6. The number of rotatable bonds is 18. The van der Waals surface area contributed by atoms with E-state index in [9.17, 15) is 14.4 Å². The van der Waals surface area contributed by atoms with Gasteiger partial charge in [0, 0.05) is 12.8 Å². The van der Waals surface area contributed by atoms with Gasteiger partial charge in [-0.3, -0.25) is 9.59 Å². The first kappa shape index (κ1) is 34.6. The molecule has 0 saturated heterocycles. The van der Waals surface area contributed by atoms with Gasteiger partial charge in [-0.25, -0.2) is 14.2 Å². The molecule has 2 amide bonds. The van der Waals surface area contributed by atoms with Crippen molar-refractivity contribution in [2.24, 2.45) is 0 Å². The standard InChI is InChI=1S/C31H34N12O5/c32-17-7-19-42-29(36-38-40-42)25(13-15-27(44)47-21-23-9-3-1-4-10-23)34-31(46)35-26(30-37-39-41-43(30)20-8-18-33)14-16-28(45)48-22-24-11-5-2-6-12-24/h1-6,9-12,25-26H,7-8,13-16,19-22H2,(H2,34,35,46)/t25-,26-/m0/s1. The summed E-state index contributed by atoms with van der Waals surface area (Å²) in [5, 5.41) is 47.1. The van der Waals surface area contributed by atoms with E-state index in [2.05, 4.69) is 41.7 Å². The summed E-state index contributed by atoms with van der Waals surface area (Å²) >= 11 is 0. The van der Waals surface area contributed by atoms with Crippen LogP contribution in [0.3, 0.4) is 0 Å². The van der Waals surface area contributed by atoms with E-state index in [0.717, 1.165) is 11.1 Å². The van der Waals surface area contributed by atoms with Gasteiger partial charge >= 0.3 is 18.0 Å². The molecule has 0 unspecified atom stereocenters. The fourth-order valence-electron chi connectivity index (χ4n) is 4.59. The van der Waals surface area contributed by atoms with Crippen LogP contribution in [0.4, 0.5) is 4.79 Å². The number of nitrogens with one attached hydrogen (secondary N) is 2. The zero-order chi connectivity index (χ0) is 34.0. The van der Waals surface area contributed by atoms with E-state index in [1.807, 2.05) is 72.8 Å². The van der Waals surface area contributed by atoms with Gasteiger partial charge in [-0.05, 0) is 44.8 Å². The molecular formula is C31H34N12O5. The number of aryl methyl sites for hydroxylation is 2. The SMILES string of the molecule is N#CCCn1nnnc1[C@H](CCC(=O)OCc1ccccc1)NC(=O)N[C@@H](CCC(=O)OCc1ccccc1)c1nnnn1CCC#N. The van der Waals surface area contributed by atoms with Gasteiger partial charge in [0.15, 0.2) is 11.6 Å². The number of carbonyl (C=O) groups excluding carboxylic acids is 3. The molecule has 0 saturated carbocycles. The molecule has 4 aromatic rings. The Morgan fingerprint density at radius 3 is 1.50 bits per heavy atom. The number of tetrazole rings is 2. The lowest BCUT2D eigenvalue weighted by molar-refractivity contribution is -0.146. The van der Waals surface area contributed by atoms with Crippen molar-refractivity contribution < 1.29 is 23.9 Å². The Labute approximate surface area is 275 Å². The van der Waals surface area contributed by atoms with Crippen molar-refractivity contribution in [2.45, 2.75) is 76.9 Å². The molecule has 0 bridgehead atoms. The van der Waals surface area contributed by atoms with Gasteiger partial charge < -0.3 is 20.1 Å². The van der Waals surface area contributed by atoms with Gasteiger partial charge in [-0.15, -0.1) is 10.2 Å². The third kappa shape index (κ3) is 11.0. The number of urea groups is 1. The lowest BCUT2D eigenvalue weighted by atomic mass is 10.1. The second-order valence-corrected chi connectivity index (χ2v) is 10.4. The predicted octanol–water partition coefficient (Wildman–Crippen LogP) is 2.62. The maximum Gasteiger partial charge on any atom is 0.315 e. The average molecular weight is 655 g/mol. The molecule has 48 heavy (non-hydrogen) atoms. The minimum absolute atomic E-state index is 0.0738. The normalized spacial score (nSPS) is 11.8. The Hall–Kier alpha value is -6.23. The zero-order valence-corrected chi connectivity index (χ0v) is 26.0. The van der Waals surface area contributed by atoms with Gasteiger partial charge in [-0.2, -0.15) is 10.5 Å². The van der Waals surface area contributed by atoms with Gasteiger partial charge in [-0.1, -0.05) is 60.7 Å². The molecule has 0 fully saturated rings. The first-order chi connectivity index (χ1) is 23.5. The summed E-state index contributed by atoms with van der Waals surface area (Å²) in [6.45, 7) is 0.513. The molecule has 17 nitrogen and oxygen atoms in total. The molecule has 2 aromatic carbocycles. The van der Waals surface area contributed by atoms with E-state index in [1.165, 1.54) is 9.36 Å². The monoisotopic (exact) mass is 654 g/mol. The van der Waals surface area contributed by atoms with Gasteiger partial charge in [0.2, 0.25) is 0 Å². The number of hydrogen-bond donors (Lipinski definition) is 2. The second-order valence-electron chi connectivity index (χ2n) is 10.4. The highest BCUT2D eigenvalue weighted by Gasteiger charge is 2.27. The van der Waals surface area contributed by atoms with Crippen LogP contribution in [0.1, 0.15) is 73.4 Å². The summed E-state index contributed by atoms with van der Waals surface area (Å²) in [4.78, 5) is 38.8. The largest absolute Gasteiger partial charge is 0.461 e. The average Bonchev–Trinajstić information content (AvgIpc) is 3.79.